The molecule has 0 aliphatic carbocycles. The lowest BCUT2D eigenvalue weighted by molar-refractivity contribution is 1.21. The van der Waals surface area contributed by atoms with E-state index in [0.29, 0.717) is 17.0 Å². The number of hydrogen-bond acceptors (Lipinski definition) is 4. The highest BCUT2D eigenvalue weighted by molar-refractivity contribution is 5.80. The topological polar surface area (TPSA) is 80.5 Å². The molecule has 2 aromatic rings. The monoisotopic (exact) mass is 137 g/mol. The summed E-state index contributed by atoms with van der Waals surface area (Å²) in [5, 5.41) is 0. The summed E-state index contributed by atoms with van der Waals surface area (Å²) in [4.78, 5) is 14.4. The lowest BCUT2D eigenvalue weighted by atomic mass is 10.5. The third-order valence-corrected chi connectivity index (χ3v) is 1.25. The smallest absolute Gasteiger partial charge is 0.182 e. The molecule has 0 saturated carbocycles. The molecular formula is C5H5N5. The third-order valence-electron chi connectivity index (χ3n) is 1.25. The van der Waals surface area contributed by atoms with Crippen molar-refractivity contribution in [3.63, 3.8) is 0 Å². The van der Waals surface area contributed by atoms with E-state index in [0.717, 1.165) is 0 Å². The Morgan fingerprint density at radius 3 is 3.00 bits per heavy atom. The van der Waals surface area contributed by atoms with Gasteiger partial charge in [0, 0.05) is 0 Å². The Bertz CT molecular complexity index is 352. The van der Waals surface area contributed by atoms with Crippen LogP contribution in [0.5, 0.6) is 0 Å². The molecule has 0 fully saturated rings. The Morgan fingerprint density at radius 1 is 1.30 bits per heavy atom. The van der Waals surface area contributed by atoms with E-state index in [1.54, 1.807) is 0 Å². The van der Waals surface area contributed by atoms with Crippen molar-refractivity contribution < 1.29 is 0 Å². The number of aromatic amines is 1. The minimum Gasteiger partial charge on any atom is -0.382 e. The highest BCUT2D eigenvalue weighted by atomic mass is 15.5. The fourth-order valence-corrected chi connectivity index (χ4v) is 0.784. The molecule has 0 aliphatic rings. The Kier molecular flexibility index (Phi) is 0.858. The van der Waals surface area contributed by atoms with E-state index in [2.05, 4.69) is 19.9 Å². The molecule has 50 valence electrons. The van der Waals surface area contributed by atoms with Crippen molar-refractivity contribution in [2.75, 3.05) is 5.73 Å². The van der Waals surface area contributed by atoms with Gasteiger partial charge in [-0.2, -0.15) is 0 Å². The van der Waals surface area contributed by atoms with Crippen LogP contribution in [0.15, 0.2) is 12.7 Å². The average molecular weight is 137 g/mol. The fraction of sp³-hybridized carbons (Fsp3) is 0. The molecule has 0 amide bonds. The maximum Gasteiger partial charge on any atom is 0.182 e. The Balaban J connectivity index is 2.95. The number of nitrogens with one attached hydrogen (secondary N) is 1. The summed E-state index contributed by atoms with van der Waals surface area (Å²) in [7, 11) is 0. The van der Waals surface area contributed by atoms with Crippen LogP contribution in [-0.2, 0) is 0 Å². The summed E-state index contributed by atoms with van der Waals surface area (Å²) < 4.78 is 0. The Labute approximate surface area is 56.3 Å². The van der Waals surface area contributed by atoms with Crippen molar-refractivity contribution in [1.29, 1.82) is 0 Å². The van der Waals surface area contributed by atoms with Gasteiger partial charge in [-0.1, -0.05) is 0 Å². The molecule has 2 rings (SSSR count). The van der Waals surface area contributed by atoms with Crippen molar-refractivity contribution in [2.45, 2.75) is 0 Å². The number of anilines is 1. The first-order valence-corrected chi connectivity index (χ1v) is 2.77. The number of nitrogens with zero attached hydrogens (tertiary/aromatic N) is 3. The van der Waals surface area contributed by atoms with Crippen molar-refractivity contribution in [3.05, 3.63) is 12.7 Å². The lowest BCUT2D eigenvalue weighted by Gasteiger charge is -1.89. The minimum atomic E-state index is 0.433. The Morgan fingerprint density at radius 2 is 2.20 bits per heavy atom. The number of nitrogens with two attached hydrogens (primary N) is 1. The summed E-state index contributed by atoms with van der Waals surface area (Å²) in [6.45, 7) is 0. The quantitative estimate of drug-likeness (QED) is 0.532. The minimum absolute atomic E-state index is 0.433. The number of imidazole rings is 1. The van der Waals surface area contributed by atoms with Crippen molar-refractivity contribution in [1.82, 2.24) is 19.9 Å². The van der Waals surface area contributed by atoms with Crippen LogP contribution in [0.4, 0.5) is 5.82 Å². The third kappa shape index (κ3) is 0.540. The van der Waals surface area contributed by atoms with Crippen LogP contribution in [0, 0.1) is 0 Å². The Hall–Kier alpha value is -1.65. The second-order valence-electron chi connectivity index (χ2n) is 1.86. The summed E-state index contributed by atoms with van der Waals surface area (Å²) in [5.41, 5.74) is 6.78. The van der Waals surface area contributed by atoms with Crippen LogP contribution in [0.3, 0.4) is 0 Å². The summed E-state index contributed by atoms with van der Waals surface area (Å²) in [5.74, 6) is 0.433. The number of fused-ring (bicyclic) bond motifs is 1. The number of rotatable bonds is 0. The molecule has 0 aromatic carbocycles. The molecule has 0 atom stereocenters. The van der Waals surface area contributed by atoms with E-state index >= 15 is 0 Å². The van der Waals surface area contributed by atoms with Gasteiger partial charge in [0.25, 0.3) is 0 Å². The van der Waals surface area contributed by atoms with E-state index in [9.17, 15) is 0 Å². The number of H-pyrrole nitrogens is 1. The molecule has 5 nitrogen and oxygen atoms in total. The summed E-state index contributed by atoms with van der Waals surface area (Å²) in [6.07, 6.45) is 2.92. The zero-order valence-electron chi connectivity index (χ0n) is 5.07. The summed E-state index contributed by atoms with van der Waals surface area (Å²) in [6, 6.07) is 0. The molecular weight excluding hydrogens is 132 g/mol. The van der Waals surface area contributed by atoms with Crippen LogP contribution in [0.25, 0.3) is 11.2 Å². The van der Waals surface area contributed by atoms with Gasteiger partial charge in [-0.25, -0.2) is 15.0 Å². The second kappa shape index (κ2) is 1.66. The largest absolute Gasteiger partial charge is 0.382 e. The predicted molar refractivity (Wildman–Crippen MR) is 36.1 cm³/mol. The van der Waals surface area contributed by atoms with Gasteiger partial charge in [0.2, 0.25) is 0 Å². The SMILES string of the molecule is Nc1n[13cH]nc2nc[15nH]c12. The number of nitrogen functional groups attached to an aromatic ring is 1. The van der Waals surface area contributed by atoms with Crippen LogP contribution < -0.4 is 5.73 Å². The first-order chi connectivity index (χ1) is 4.88. The van der Waals surface area contributed by atoms with E-state index in [1.807, 2.05) is 0 Å². The fourth-order valence-electron chi connectivity index (χ4n) is 0.784. The molecule has 3 N–H and O–H groups in total. The van der Waals surface area contributed by atoms with E-state index in [4.69, 9.17) is 5.73 Å². The van der Waals surface area contributed by atoms with Gasteiger partial charge in [0.1, 0.15) is 11.8 Å². The standard InChI is InChI=1S/C5H5N5/c6-4-3-5(9-1-7-3)10-2-8-4/h1-2H,(H3,6,7,8,9,10)/i2+1,7+1. The van der Waals surface area contributed by atoms with E-state index < -0.39 is 0 Å². The number of hydrogen-bond donors (Lipinski definition) is 2. The van der Waals surface area contributed by atoms with Gasteiger partial charge in [-0.3, -0.25) is 0 Å². The van der Waals surface area contributed by atoms with Crippen LogP contribution >= 0.6 is 0 Å². The van der Waals surface area contributed by atoms with Gasteiger partial charge in [0.05, 0.1) is 6.33 Å². The highest BCUT2D eigenvalue weighted by Crippen LogP contribution is 2.09. The zero-order valence-corrected chi connectivity index (χ0v) is 5.07. The maximum absolute atomic E-state index is 5.48. The molecule has 0 saturated heterocycles. The van der Waals surface area contributed by atoms with E-state index in [-0.39, 0.29) is 0 Å². The molecule has 0 spiro atoms. The molecule has 2 aromatic heterocycles. The maximum atomic E-state index is 5.48. The van der Waals surface area contributed by atoms with Crippen LogP contribution in [0.1, 0.15) is 0 Å². The van der Waals surface area contributed by atoms with Crippen LogP contribution in [0.2, 0.25) is 0 Å². The normalized spacial score (nSPS) is 10.4. The van der Waals surface area contributed by atoms with E-state index in [1.165, 1.54) is 12.7 Å². The first-order valence-electron chi connectivity index (χ1n) is 2.77. The molecule has 0 aliphatic heterocycles. The van der Waals surface area contributed by atoms with Crippen molar-refractivity contribution >= 4 is 17.0 Å². The average Bonchev–Trinajstić information content (AvgIpc) is 2.36. The molecule has 5 heteroatoms. The van der Waals surface area contributed by atoms with Gasteiger partial charge in [-0.15, -0.1) is 0 Å². The predicted octanol–water partition coefficient (Wildman–Crippen LogP) is -0.0649. The molecule has 0 radical (unpaired) electrons. The molecule has 10 heavy (non-hydrogen) atoms. The van der Waals surface area contributed by atoms with Crippen molar-refractivity contribution in [3.8, 4) is 0 Å². The van der Waals surface area contributed by atoms with Gasteiger partial charge in [0.15, 0.2) is 11.5 Å². The molecule has 0 bridgehead atoms. The highest BCUT2D eigenvalue weighted by Gasteiger charge is 1.99. The lowest BCUT2D eigenvalue weighted by Crippen LogP contribution is -1.91. The second-order valence-corrected chi connectivity index (χ2v) is 1.86. The van der Waals surface area contributed by atoms with Crippen molar-refractivity contribution in [2.24, 2.45) is 0 Å². The zero-order chi connectivity index (χ0) is 6.97. The molecule has 0 unspecified atom stereocenters. The van der Waals surface area contributed by atoms with Gasteiger partial charge < -0.3 is 10.7 Å². The van der Waals surface area contributed by atoms with Gasteiger partial charge >= 0.3 is 0 Å². The number of aromatic nitrogens is 4. The van der Waals surface area contributed by atoms with Crippen LogP contribution in [-0.4, -0.2) is 19.9 Å². The summed E-state index contributed by atoms with van der Waals surface area (Å²) >= 11 is 0. The first kappa shape index (κ1) is 5.16. The van der Waals surface area contributed by atoms with Gasteiger partial charge in [-0.05, 0) is 0 Å². The molecule has 2 heterocycles.